The van der Waals surface area contributed by atoms with Gasteiger partial charge in [-0.1, -0.05) is 0 Å². The van der Waals surface area contributed by atoms with Crippen LogP contribution in [0, 0.1) is 12.3 Å². The molecule has 96 valence electrons. The van der Waals surface area contributed by atoms with Crippen LogP contribution in [0.5, 0.6) is 0 Å². The highest BCUT2D eigenvalue weighted by Gasteiger charge is 2.31. The number of amides is 1. The van der Waals surface area contributed by atoms with Crippen molar-refractivity contribution in [3.63, 3.8) is 0 Å². The van der Waals surface area contributed by atoms with E-state index in [4.69, 9.17) is 15.9 Å². The van der Waals surface area contributed by atoms with Crippen molar-refractivity contribution in [2.45, 2.75) is 44.6 Å². The second kappa shape index (κ2) is 7.28. The Morgan fingerprint density at radius 3 is 3.12 bits per heavy atom. The van der Waals surface area contributed by atoms with Gasteiger partial charge in [0.25, 0.3) is 0 Å². The fourth-order valence-corrected chi connectivity index (χ4v) is 1.72. The molecule has 1 amide bonds. The van der Waals surface area contributed by atoms with Gasteiger partial charge in [-0.25, -0.2) is 0 Å². The van der Waals surface area contributed by atoms with Gasteiger partial charge in [-0.05, 0) is 6.42 Å². The smallest absolute Gasteiger partial charge is 0.217 e. The van der Waals surface area contributed by atoms with E-state index in [-0.39, 0.29) is 18.6 Å². The predicted octanol–water partition coefficient (Wildman–Crippen LogP) is 0.0284. The number of hydrogen-bond donors (Lipinski definition) is 2. The molecule has 0 spiro atoms. The van der Waals surface area contributed by atoms with E-state index in [1.54, 1.807) is 0 Å². The number of carbonyl (C=O) groups excluding carboxylic acids is 1. The van der Waals surface area contributed by atoms with Gasteiger partial charge >= 0.3 is 0 Å². The summed E-state index contributed by atoms with van der Waals surface area (Å²) in [6.07, 6.45) is 5.93. The van der Waals surface area contributed by atoms with E-state index in [9.17, 15) is 9.90 Å². The normalized spacial score (nSPS) is 28.4. The Hall–Kier alpha value is -1.09. The summed E-state index contributed by atoms with van der Waals surface area (Å²) in [7, 11) is 0. The number of terminal acetylenes is 1. The van der Waals surface area contributed by atoms with Crippen LogP contribution in [0.4, 0.5) is 0 Å². The SMILES string of the molecule is C#CCCCO[C@@H]1OC[C@H](O)CC1NC(C)=O. The molecule has 0 aromatic carbocycles. The lowest BCUT2D eigenvalue weighted by atomic mass is 10.1. The van der Waals surface area contributed by atoms with Crippen LogP contribution < -0.4 is 5.32 Å². The molecule has 5 nitrogen and oxygen atoms in total. The average molecular weight is 241 g/mol. The van der Waals surface area contributed by atoms with E-state index >= 15 is 0 Å². The number of rotatable bonds is 5. The van der Waals surface area contributed by atoms with Crippen LogP contribution in [0.15, 0.2) is 0 Å². The average Bonchev–Trinajstić information content (AvgIpc) is 2.26. The monoisotopic (exact) mass is 241 g/mol. The maximum atomic E-state index is 11.0. The molecule has 0 bridgehead atoms. The molecule has 1 aliphatic rings. The summed E-state index contributed by atoms with van der Waals surface area (Å²) in [4.78, 5) is 11.0. The zero-order valence-electron chi connectivity index (χ0n) is 10.0. The van der Waals surface area contributed by atoms with Gasteiger partial charge in [0.05, 0.1) is 25.4 Å². The van der Waals surface area contributed by atoms with Crippen LogP contribution >= 0.6 is 0 Å². The first-order valence-electron chi connectivity index (χ1n) is 5.75. The summed E-state index contributed by atoms with van der Waals surface area (Å²) in [5, 5.41) is 12.2. The molecule has 0 aliphatic carbocycles. The molecule has 0 aromatic rings. The van der Waals surface area contributed by atoms with Crippen molar-refractivity contribution < 1.29 is 19.4 Å². The number of aliphatic hydroxyl groups excluding tert-OH is 1. The zero-order valence-corrected chi connectivity index (χ0v) is 10.0. The van der Waals surface area contributed by atoms with E-state index in [2.05, 4.69) is 11.2 Å². The van der Waals surface area contributed by atoms with E-state index in [1.165, 1.54) is 6.92 Å². The zero-order chi connectivity index (χ0) is 12.7. The van der Waals surface area contributed by atoms with Crippen LogP contribution in [0.25, 0.3) is 0 Å². The predicted molar refractivity (Wildman–Crippen MR) is 62.0 cm³/mol. The Bertz CT molecular complexity index is 287. The Morgan fingerprint density at radius 2 is 2.47 bits per heavy atom. The third kappa shape index (κ3) is 5.18. The van der Waals surface area contributed by atoms with Crippen molar-refractivity contribution >= 4 is 5.91 Å². The first kappa shape index (κ1) is 14.0. The molecule has 1 unspecified atom stereocenters. The number of unbranched alkanes of at least 4 members (excludes halogenated alkanes) is 1. The third-order valence-electron chi connectivity index (χ3n) is 2.44. The molecule has 1 fully saturated rings. The molecule has 5 heteroatoms. The van der Waals surface area contributed by atoms with Gasteiger partial charge < -0.3 is 19.9 Å². The fraction of sp³-hybridized carbons (Fsp3) is 0.750. The Balaban J connectivity index is 2.38. The second-order valence-corrected chi connectivity index (χ2v) is 4.08. The van der Waals surface area contributed by atoms with Crippen molar-refractivity contribution in [3.05, 3.63) is 0 Å². The van der Waals surface area contributed by atoms with Crippen LogP contribution in [-0.2, 0) is 14.3 Å². The van der Waals surface area contributed by atoms with Crippen LogP contribution in [0.1, 0.15) is 26.2 Å². The van der Waals surface area contributed by atoms with Gasteiger partial charge in [0.2, 0.25) is 5.91 Å². The molecule has 1 saturated heterocycles. The fourth-order valence-electron chi connectivity index (χ4n) is 1.72. The lowest BCUT2D eigenvalue weighted by molar-refractivity contribution is -0.202. The molecule has 0 aromatic heterocycles. The molecule has 1 rings (SSSR count). The Kier molecular flexibility index (Phi) is 5.98. The van der Waals surface area contributed by atoms with E-state index in [1.807, 2.05) is 0 Å². The van der Waals surface area contributed by atoms with Gasteiger partial charge in [0, 0.05) is 19.8 Å². The molecule has 3 atom stereocenters. The number of ether oxygens (including phenoxy) is 2. The third-order valence-corrected chi connectivity index (χ3v) is 2.44. The number of hydrogen-bond acceptors (Lipinski definition) is 4. The van der Waals surface area contributed by atoms with Crippen molar-refractivity contribution in [1.29, 1.82) is 0 Å². The van der Waals surface area contributed by atoms with Crippen LogP contribution in [0.2, 0.25) is 0 Å². The first-order valence-corrected chi connectivity index (χ1v) is 5.75. The van der Waals surface area contributed by atoms with Crippen molar-refractivity contribution in [1.82, 2.24) is 5.32 Å². The largest absolute Gasteiger partial charge is 0.391 e. The molecule has 0 saturated carbocycles. The van der Waals surface area contributed by atoms with Gasteiger partial charge in [-0.15, -0.1) is 12.3 Å². The van der Waals surface area contributed by atoms with Crippen molar-refractivity contribution in [2.24, 2.45) is 0 Å². The highest BCUT2D eigenvalue weighted by molar-refractivity contribution is 5.73. The second-order valence-electron chi connectivity index (χ2n) is 4.08. The van der Waals surface area contributed by atoms with Crippen LogP contribution in [-0.4, -0.2) is 42.7 Å². The van der Waals surface area contributed by atoms with E-state index in [0.29, 0.717) is 19.4 Å². The van der Waals surface area contributed by atoms with Gasteiger partial charge in [-0.3, -0.25) is 4.79 Å². The molecule has 17 heavy (non-hydrogen) atoms. The molecule has 2 N–H and O–H groups in total. The van der Waals surface area contributed by atoms with Gasteiger partial charge in [0.1, 0.15) is 0 Å². The Labute approximate surface area is 101 Å². The van der Waals surface area contributed by atoms with Gasteiger partial charge in [-0.2, -0.15) is 0 Å². The van der Waals surface area contributed by atoms with E-state index in [0.717, 1.165) is 6.42 Å². The number of carbonyl (C=O) groups is 1. The first-order chi connectivity index (χ1) is 8.13. The summed E-state index contributed by atoms with van der Waals surface area (Å²) < 4.78 is 10.8. The summed E-state index contributed by atoms with van der Waals surface area (Å²) in [5.74, 6) is 2.36. The summed E-state index contributed by atoms with van der Waals surface area (Å²) in [6.45, 7) is 2.15. The highest BCUT2D eigenvalue weighted by atomic mass is 16.7. The molecular formula is C12H19NO4. The summed E-state index contributed by atoms with van der Waals surface area (Å²) >= 11 is 0. The van der Waals surface area contributed by atoms with Gasteiger partial charge in [0.15, 0.2) is 6.29 Å². The number of aliphatic hydroxyl groups is 1. The minimum absolute atomic E-state index is 0.162. The lowest BCUT2D eigenvalue weighted by Crippen LogP contribution is -2.51. The lowest BCUT2D eigenvalue weighted by Gasteiger charge is -2.34. The summed E-state index contributed by atoms with van der Waals surface area (Å²) in [5.41, 5.74) is 0. The standard InChI is InChI=1S/C12H19NO4/c1-3-4-5-6-16-12-11(13-9(2)14)7-10(15)8-17-12/h1,10-12,15H,4-8H2,2H3,(H,13,14)/t10-,11?,12-/m1/s1. The molecule has 1 heterocycles. The van der Waals surface area contributed by atoms with Crippen molar-refractivity contribution in [3.8, 4) is 12.3 Å². The minimum Gasteiger partial charge on any atom is -0.391 e. The van der Waals surface area contributed by atoms with Crippen molar-refractivity contribution in [2.75, 3.05) is 13.2 Å². The van der Waals surface area contributed by atoms with Crippen LogP contribution in [0.3, 0.4) is 0 Å². The van der Waals surface area contributed by atoms with E-state index < -0.39 is 12.4 Å². The topological polar surface area (TPSA) is 67.8 Å². The summed E-state index contributed by atoms with van der Waals surface area (Å²) in [6, 6.07) is -0.304. The number of nitrogens with one attached hydrogen (secondary N) is 1. The molecular weight excluding hydrogens is 222 g/mol. The minimum atomic E-state index is -0.558. The molecule has 1 aliphatic heterocycles. The quantitative estimate of drug-likeness (QED) is 0.526. The highest BCUT2D eigenvalue weighted by Crippen LogP contribution is 2.16. The maximum Gasteiger partial charge on any atom is 0.217 e. The molecule has 0 radical (unpaired) electrons. The maximum absolute atomic E-state index is 11.0. The Morgan fingerprint density at radius 1 is 1.71 bits per heavy atom.